The normalized spacial score (nSPS) is 12.9. The van der Waals surface area contributed by atoms with Crippen LogP contribution >= 0.6 is 11.6 Å². The molecule has 0 bridgehead atoms. The van der Waals surface area contributed by atoms with Crippen LogP contribution in [0.1, 0.15) is 5.56 Å². The molecule has 1 amide bonds. The average molecular weight is 300 g/mol. The molecule has 6 nitrogen and oxygen atoms in total. The number of fused-ring (bicyclic) bond motifs is 1. The molecule has 0 radical (unpaired) electrons. The predicted octanol–water partition coefficient (Wildman–Crippen LogP) is 1.20. The van der Waals surface area contributed by atoms with Crippen molar-refractivity contribution in [3.05, 3.63) is 22.7 Å². The quantitative estimate of drug-likeness (QED) is 0.904. The van der Waals surface area contributed by atoms with Crippen molar-refractivity contribution in [2.75, 3.05) is 26.8 Å². The second-order valence-corrected chi connectivity index (χ2v) is 4.83. The molecule has 7 heteroatoms. The molecule has 0 aromatic heterocycles. The molecule has 1 aromatic rings. The van der Waals surface area contributed by atoms with Crippen LogP contribution in [0.3, 0.4) is 0 Å². The molecule has 2 rings (SSSR count). The van der Waals surface area contributed by atoms with Crippen LogP contribution in [0.5, 0.6) is 11.5 Å². The zero-order chi connectivity index (χ0) is 14.7. The van der Waals surface area contributed by atoms with E-state index in [0.29, 0.717) is 35.3 Å². The standard InChI is InChI=1S/C13H14ClNO5/c1-15(7-12(17)18)11(16)6-8-4-9(14)13-10(5-8)19-2-3-20-13/h4-5H,2-3,6-7H2,1H3,(H,17,18). The first-order chi connectivity index (χ1) is 9.47. The number of carbonyl (C=O) groups is 2. The highest BCUT2D eigenvalue weighted by Gasteiger charge is 2.19. The first kappa shape index (κ1) is 14.5. The fourth-order valence-electron chi connectivity index (χ4n) is 1.87. The number of amides is 1. The molecule has 0 aliphatic carbocycles. The number of hydrogen-bond acceptors (Lipinski definition) is 4. The number of carboxylic acid groups (broad SMARTS) is 1. The number of rotatable bonds is 4. The first-order valence-corrected chi connectivity index (χ1v) is 6.39. The minimum atomic E-state index is -1.05. The van der Waals surface area contributed by atoms with Crippen LogP contribution in [0.2, 0.25) is 5.02 Å². The van der Waals surface area contributed by atoms with Crippen LogP contribution < -0.4 is 9.47 Å². The lowest BCUT2D eigenvalue weighted by molar-refractivity contribution is -0.143. The van der Waals surface area contributed by atoms with E-state index >= 15 is 0 Å². The molecule has 1 heterocycles. The van der Waals surface area contributed by atoms with E-state index in [2.05, 4.69) is 0 Å². The summed E-state index contributed by atoms with van der Waals surface area (Å²) in [6, 6.07) is 3.31. The van der Waals surface area contributed by atoms with Gasteiger partial charge in [0.1, 0.15) is 19.8 Å². The molecule has 1 aromatic carbocycles. The summed E-state index contributed by atoms with van der Waals surface area (Å²) in [6.07, 6.45) is 0.0557. The van der Waals surface area contributed by atoms with Gasteiger partial charge in [0.25, 0.3) is 0 Å². The lowest BCUT2D eigenvalue weighted by atomic mass is 10.1. The number of carboxylic acids is 1. The Morgan fingerprint density at radius 1 is 1.35 bits per heavy atom. The van der Waals surface area contributed by atoms with E-state index in [1.807, 2.05) is 0 Å². The molecule has 0 saturated heterocycles. The van der Waals surface area contributed by atoms with Crippen molar-refractivity contribution < 1.29 is 24.2 Å². The maximum absolute atomic E-state index is 11.9. The van der Waals surface area contributed by atoms with Gasteiger partial charge in [0, 0.05) is 7.05 Å². The van der Waals surface area contributed by atoms with Crippen LogP contribution in [0.25, 0.3) is 0 Å². The summed E-state index contributed by atoms with van der Waals surface area (Å²) in [4.78, 5) is 23.6. The summed E-state index contributed by atoms with van der Waals surface area (Å²) in [5.74, 6) is -0.373. The molecule has 20 heavy (non-hydrogen) atoms. The fraction of sp³-hybridized carbons (Fsp3) is 0.385. The molecule has 1 aliphatic rings. The number of ether oxygens (including phenoxy) is 2. The van der Waals surface area contributed by atoms with Crippen molar-refractivity contribution in [3.8, 4) is 11.5 Å². The average Bonchev–Trinajstić information content (AvgIpc) is 2.38. The molecule has 0 atom stereocenters. The number of halogens is 1. The fourth-order valence-corrected chi connectivity index (χ4v) is 2.15. The molecular formula is C13H14ClNO5. The van der Waals surface area contributed by atoms with Crippen molar-refractivity contribution >= 4 is 23.5 Å². The van der Waals surface area contributed by atoms with Crippen molar-refractivity contribution in [1.82, 2.24) is 4.90 Å². The number of aliphatic carboxylic acids is 1. The molecule has 1 N–H and O–H groups in total. The van der Waals surface area contributed by atoms with Gasteiger partial charge >= 0.3 is 5.97 Å². The molecule has 0 unspecified atom stereocenters. The second kappa shape index (κ2) is 6.00. The molecule has 0 saturated carbocycles. The molecule has 1 aliphatic heterocycles. The molecule has 108 valence electrons. The van der Waals surface area contributed by atoms with Gasteiger partial charge in [-0.15, -0.1) is 0 Å². The van der Waals surface area contributed by atoms with E-state index < -0.39 is 5.97 Å². The van der Waals surface area contributed by atoms with Crippen LogP contribution in [-0.2, 0) is 16.0 Å². The lowest BCUT2D eigenvalue weighted by Crippen LogP contribution is -2.33. The number of likely N-dealkylation sites (N-methyl/N-ethyl adjacent to an activating group) is 1. The summed E-state index contributed by atoms with van der Waals surface area (Å²) in [5, 5.41) is 9.03. The zero-order valence-electron chi connectivity index (χ0n) is 10.9. The maximum Gasteiger partial charge on any atom is 0.323 e. The van der Waals surface area contributed by atoms with E-state index in [1.54, 1.807) is 12.1 Å². The van der Waals surface area contributed by atoms with E-state index in [9.17, 15) is 9.59 Å². The van der Waals surface area contributed by atoms with E-state index in [1.165, 1.54) is 7.05 Å². The van der Waals surface area contributed by atoms with Gasteiger partial charge in [-0.3, -0.25) is 9.59 Å². The van der Waals surface area contributed by atoms with Gasteiger partial charge in [-0.05, 0) is 17.7 Å². The van der Waals surface area contributed by atoms with Crippen molar-refractivity contribution in [2.24, 2.45) is 0 Å². The number of hydrogen-bond donors (Lipinski definition) is 1. The Labute approximate surface area is 120 Å². The van der Waals surface area contributed by atoms with Gasteiger partial charge < -0.3 is 19.5 Å². The van der Waals surface area contributed by atoms with Gasteiger partial charge in [0.2, 0.25) is 5.91 Å². The minimum Gasteiger partial charge on any atom is -0.486 e. The summed E-state index contributed by atoms with van der Waals surface area (Å²) in [6.45, 7) is 0.531. The second-order valence-electron chi connectivity index (χ2n) is 4.42. The van der Waals surface area contributed by atoms with E-state index in [0.717, 1.165) is 4.90 Å². The topological polar surface area (TPSA) is 76.1 Å². The van der Waals surface area contributed by atoms with Gasteiger partial charge in [0.05, 0.1) is 11.4 Å². The highest BCUT2D eigenvalue weighted by Crippen LogP contribution is 2.38. The van der Waals surface area contributed by atoms with Crippen LogP contribution in [0.15, 0.2) is 12.1 Å². The third-order valence-corrected chi connectivity index (χ3v) is 3.09. The third kappa shape index (κ3) is 3.33. The van der Waals surface area contributed by atoms with Gasteiger partial charge in [-0.2, -0.15) is 0 Å². The van der Waals surface area contributed by atoms with Gasteiger partial charge in [-0.25, -0.2) is 0 Å². The smallest absolute Gasteiger partial charge is 0.323 e. The Bertz CT molecular complexity index is 546. The van der Waals surface area contributed by atoms with Crippen LogP contribution in [-0.4, -0.2) is 48.7 Å². The van der Waals surface area contributed by atoms with E-state index in [-0.39, 0.29) is 18.9 Å². The number of benzene rings is 1. The highest BCUT2D eigenvalue weighted by molar-refractivity contribution is 6.32. The predicted molar refractivity (Wildman–Crippen MR) is 71.4 cm³/mol. The maximum atomic E-state index is 11.9. The summed E-state index contributed by atoms with van der Waals surface area (Å²) < 4.78 is 10.8. The zero-order valence-corrected chi connectivity index (χ0v) is 11.6. The Morgan fingerprint density at radius 2 is 2.05 bits per heavy atom. The summed E-state index contributed by atoms with van der Waals surface area (Å²) >= 11 is 6.07. The Hall–Kier alpha value is -1.95. The largest absolute Gasteiger partial charge is 0.486 e. The number of carbonyl (C=O) groups excluding carboxylic acids is 1. The van der Waals surface area contributed by atoms with Gasteiger partial charge in [0.15, 0.2) is 11.5 Å². The molecular weight excluding hydrogens is 286 g/mol. The third-order valence-electron chi connectivity index (χ3n) is 2.81. The Morgan fingerprint density at radius 3 is 2.75 bits per heavy atom. The van der Waals surface area contributed by atoms with Crippen LogP contribution in [0.4, 0.5) is 0 Å². The van der Waals surface area contributed by atoms with Crippen molar-refractivity contribution in [1.29, 1.82) is 0 Å². The summed E-state index contributed by atoms with van der Waals surface area (Å²) in [5.41, 5.74) is 0.654. The number of nitrogens with zero attached hydrogens (tertiary/aromatic N) is 1. The Kier molecular flexibility index (Phi) is 4.34. The monoisotopic (exact) mass is 299 g/mol. The molecule has 0 spiro atoms. The SMILES string of the molecule is CN(CC(=O)O)C(=O)Cc1cc(Cl)c2c(c1)OCCO2. The minimum absolute atomic E-state index is 0.0557. The highest BCUT2D eigenvalue weighted by atomic mass is 35.5. The molecule has 0 fully saturated rings. The van der Waals surface area contributed by atoms with Crippen molar-refractivity contribution in [2.45, 2.75) is 6.42 Å². The first-order valence-electron chi connectivity index (χ1n) is 6.01. The lowest BCUT2D eigenvalue weighted by Gasteiger charge is -2.21. The van der Waals surface area contributed by atoms with Crippen molar-refractivity contribution in [3.63, 3.8) is 0 Å². The summed E-state index contributed by atoms with van der Waals surface area (Å²) in [7, 11) is 1.44. The van der Waals surface area contributed by atoms with Gasteiger partial charge in [-0.1, -0.05) is 11.6 Å². The van der Waals surface area contributed by atoms with Crippen LogP contribution in [0, 0.1) is 0 Å². The van der Waals surface area contributed by atoms with E-state index in [4.69, 9.17) is 26.2 Å². The Balaban J connectivity index is 2.12.